The zero-order chi connectivity index (χ0) is 20.4. The van der Waals surface area contributed by atoms with Gasteiger partial charge in [-0.1, -0.05) is 24.3 Å². The van der Waals surface area contributed by atoms with Gasteiger partial charge in [0, 0.05) is 10.9 Å². The maximum absolute atomic E-state index is 12.9. The Labute approximate surface area is 167 Å². The van der Waals surface area contributed by atoms with Crippen molar-refractivity contribution in [1.82, 2.24) is 25.2 Å². The van der Waals surface area contributed by atoms with Crippen molar-refractivity contribution in [1.29, 1.82) is 0 Å². The summed E-state index contributed by atoms with van der Waals surface area (Å²) in [7, 11) is 1.60. The normalized spacial score (nSPS) is 11.6. The molecule has 0 radical (unpaired) electrons. The summed E-state index contributed by atoms with van der Waals surface area (Å²) in [6.45, 7) is 0.248. The molecule has 29 heavy (non-hydrogen) atoms. The van der Waals surface area contributed by atoms with Crippen LogP contribution in [0.3, 0.4) is 0 Å². The number of alkyl halides is 3. The van der Waals surface area contributed by atoms with E-state index in [4.69, 9.17) is 4.74 Å². The standard InChI is InChI=1S/C19H14F3N5OS/c1-28-16-8-3-2-7-15(16)18-23-14(11-29-18)10-27-25-17(24-26-27)12-5-4-6-13(9-12)19(20,21)22/h2-9,11H,10H2,1H3. The third-order valence-corrected chi connectivity index (χ3v) is 5.02. The number of nitrogens with zero attached hydrogens (tertiary/aromatic N) is 5. The fourth-order valence-electron chi connectivity index (χ4n) is 2.73. The molecule has 0 aliphatic rings. The van der Waals surface area contributed by atoms with Gasteiger partial charge in [-0.3, -0.25) is 0 Å². The van der Waals surface area contributed by atoms with Crippen molar-refractivity contribution in [2.45, 2.75) is 12.7 Å². The van der Waals surface area contributed by atoms with Crippen LogP contribution in [0.1, 0.15) is 11.3 Å². The van der Waals surface area contributed by atoms with E-state index in [-0.39, 0.29) is 17.9 Å². The molecular formula is C19H14F3N5OS. The molecule has 0 spiro atoms. The molecule has 10 heteroatoms. The maximum Gasteiger partial charge on any atom is 0.416 e. The minimum Gasteiger partial charge on any atom is -0.496 e. The van der Waals surface area contributed by atoms with Crippen molar-refractivity contribution in [3.63, 3.8) is 0 Å². The number of halogens is 3. The first kappa shape index (κ1) is 19.1. The van der Waals surface area contributed by atoms with E-state index in [1.807, 2.05) is 29.6 Å². The van der Waals surface area contributed by atoms with Gasteiger partial charge in [-0.15, -0.1) is 21.5 Å². The Morgan fingerprint density at radius 2 is 1.93 bits per heavy atom. The predicted molar refractivity (Wildman–Crippen MR) is 101 cm³/mol. The summed E-state index contributed by atoms with van der Waals surface area (Å²) < 4.78 is 44.0. The SMILES string of the molecule is COc1ccccc1-c1nc(Cn2nnc(-c3cccc(C(F)(F)F)c3)n2)cs1. The monoisotopic (exact) mass is 417 g/mol. The molecular weight excluding hydrogens is 403 g/mol. The summed E-state index contributed by atoms with van der Waals surface area (Å²) in [6, 6.07) is 12.4. The van der Waals surface area contributed by atoms with Crippen LogP contribution in [0.5, 0.6) is 5.75 Å². The highest BCUT2D eigenvalue weighted by Crippen LogP contribution is 2.32. The van der Waals surface area contributed by atoms with Crippen molar-refractivity contribution in [3.05, 3.63) is 65.2 Å². The summed E-state index contributed by atoms with van der Waals surface area (Å²) in [6.07, 6.45) is -4.43. The van der Waals surface area contributed by atoms with Gasteiger partial charge in [0.05, 0.1) is 23.9 Å². The number of methoxy groups -OCH3 is 1. The number of hydrogen-bond donors (Lipinski definition) is 0. The Morgan fingerprint density at radius 1 is 1.10 bits per heavy atom. The van der Waals surface area contributed by atoms with Gasteiger partial charge in [-0.05, 0) is 29.5 Å². The van der Waals surface area contributed by atoms with Crippen LogP contribution in [-0.2, 0) is 12.7 Å². The van der Waals surface area contributed by atoms with E-state index in [2.05, 4.69) is 20.4 Å². The maximum atomic E-state index is 12.9. The van der Waals surface area contributed by atoms with E-state index in [1.165, 1.54) is 28.3 Å². The van der Waals surface area contributed by atoms with Gasteiger partial charge < -0.3 is 4.74 Å². The molecule has 2 heterocycles. The quantitative estimate of drug-likeness (QED) is 0.477. The number of benzene rings is 2. The molecule has 148 valence electrons. The lowest BCUT2D eigenvalue weighted by atomic mass is 10.1. The predicted octanol–water partition coefficient (Wildman–Crippen LogP) is 4.54. The zero-order valence-corrected chi connectivity index (χ0v) is 15.9. The largest absolute Gasteiger partial charge is 0.496 e. The molecule has 0 N–H and O–H groups in total. The Morgan fingerprint density at radius 3 is 2.72 bits per heavy atom. The first-order valence-electron chi connectivity index (χ1n) is 8.47. The summed E-state index contributed by atoms with van der Waals surface area (Å²) >= 11 is 1.45. The minimum absolute atomic E-state index is 0.122. The molecule has 2 aromatic carbocycles. The van der Waals surface area contributed by atoms with Crippen LogP contribution in [0.25, 0.3) is 22.0 Å². The van der Waals surface area contributed by atoms with Crippen molar-refractivity contribution >= 4 is 11.3 Å². The van der Waals surface area contributed by atoms with Crippen molar-refractivity contribution < 1.29 is 17.9 Å². The molecule has 4 aromatic rings. The summed E-state index contributed by atoms with van der Waals surface area (Å²) in [4.78, 5) is 5.88. The number of ether oxygens (including phenoxy) is 1. The Balaban J connectivity index is 1.54. The van der Waals surface area contributed by atoms with Crippen LogP contribution in [-0.4, -0.2) is 32.3 Å². The summed E-state index contributed by atoms with van der Waals surface area (Å²) in [5.41, 5.74) is 1.08. The second-order valence-electron chi connectivity index (χ2n) is 6.07. The molecule has 0 bridgehead atoms. The lowest BCUT2D eigenvalue weighted by Gasteiger charge is -2.06. The van der Waals surface area contributed by atoms with Crippen LogP contribution in [0.4, 0.5) is 13.2 Å². The zero-order valence-electron chi connectivity index (χ0n) is 15.1. The first-order valence-corrected chi connectivity index (χ1v) is 9.35. The van der Waals surface area contributed by atoms with E-state index in [0.717, 1.165) is 28.5 Å². The third-order valence-electron chi connectivity index (χ3n) is 4.09. The summed E-state index contributed by atoms with van der Waals surface area (Å²) in [5.74, 6) is 0.843. The Kier molecular flexibility index (Phi) is 5.01. The Bertz CT molecular complexity index is 1140. The van der Waals surface area contributed by atoms with Gasteiger partial charge >= 0.3 is 6.18 Å². The third kappa shape index (κ3) is 4.11. The van der Waals surface area contributed by atoms with E-state index in [9.17, 15) is 13.2 Å². The molecule has 0 aliphatic heterocycles. The fraction of sp³-hybridized carbons (Fsp3) is 0.158. The van der Waals surface area contributed by atoms with Crippen LogP contribution in [0, 0.1) is 0 Å². The number of aromatic nitrogens is 5. The van der Waals surface area contributed by atoms with E-state index >= 15 is 0 Å². The first-order chi connectivity index (χ1) is 13.9. The molecule has 0 saturated carbocycles. The highest BCUT2D eigenvalue weighted by Gasteiger charge is 2.30. The molecule has 0 atom stereocenters. The van der Waals surface area contributed by atoms with Gasteiger partial charge in [0.2, 0.25) is 5.82 Å². The number of hydrogen-bond acceptors (Lipinski definition) is 6. The Hall–Kier alpha value is -3.27. The fourth-order valence-corrected chi connectivity index (χ4v) is 3.57. The molecule has 0 aliphatic carbocycles. The average Bonchev–Trinajstić information content (AvgIpc) is 3.37. The molecule has 0 unspecified atom stereocenters. The van der Waals surface area contributed by atoms with Crippen molar-refractivity contribution in [2.75, 3.05) is 7.11 Å². The van der Waals surface area contributed by atoms with E-state index < -0.39 is 11.7 Å². The van der Waals surface area contributed by atoms with Gasteiger partial charge in [-0.2, -0.15) is 18.0 Å². The van der Waals surface area contributed by atoms with Crippen LogP contribution in [0.2, 0.25) is 0 Å². The van der Waals surface area contributed by atoms with Gasteiger partial charge in [0.25, 0.3) is 0 Å². The van der Waals surface area contributed by atoms with Crippen molar-refractivity contribution in [3.8, 4) is 27.7 Å². The minimum atomic E-state index is -4.43. The molecule has 0 fully saturated rings. The van der Waals surface area contributed by atoms with Gasteiger partial charge in [0.15, 0.2) is 0 Å². The second-order valence-corrected chi connectivity index (χ2v) is 6.92. The number of tetrazole rings is 1. The highest BCUT2D eigenvalue weighted by atomic mass is 32.1. The number of thiazole rings is 1. The van der Waals surface area contributed by atoms with E-state index in [1.54, 1.807) is 7.11 Å². The van der Waals surface area contributed by atoms with Gasteiger partial charge in [0.1, 0.15) is 17.3 Å². The van der Waals surface area contributed by atoms with Crippen molar-refractivity contribution in [2.24, 2.45) is 0 Å². The number of rotatable bonds is 5. The molecule has 6 nitrogen and oxygen atoms in total. The average molecular weight is 417 g/mol. The second kappa shape index (κ2) is 7.63. The van der Waals surface area contributed by atoms with Crippen LogP contribution < -0.4 is 4.74 Å². The molecule has 0 amide bonds. The van der Waals surface area contributed by atoms with Crippen LogP contribution in [0.15, 0.2) is 53.9 Å². The van der Waals surface area contributed by atoms with E-state index in [0.29, 0.717) is 5.69 Å². The highest BCUT2D eigenvalue weighted by molar-refractivity contribution is 7.13. The number of para-hydroxylation sites is 1. The lowest BCUT2D eigenvalue weighted by molar-refractivity contribution is -0.137. The van der Waals surface area contributed by atoms with Gasteiger partial charge in [-0.25, -0.2) is 4.98 Å². The lowest BCUT2D eigenvalue weighted by Crippen LogP contribution is -2.05. The topological polar surface area (TPSA) is 65.7 Å². The molecule has 4 rings (SSSR count). The molecule has 2 aromatic heterocycles. The molecule has 0 saturated heterocycles. The van der Waals surface area contributed by atoms with Crippen LogP contribution >= 0.6 is 11.3 Å². The summed E-state index contributed by atoms with van der Waals surface area (Å²) in [5, 5.41) is 14.6. The smallest absolute Gasteiger partial charge is 0.416 e.